The summed E-state index contributed by atoms with van der Waals surface area (Å²) >= 11 is 0. The van der Waals surface area contributed by atoms with Gasteiger partial charge in [-0.3, -0.25) is 4.79 Å². The molecule has 0 atom stereocenters. The van der Waals surface area contributed by atoms with Crippen molar-refractivity contribution in [2.45, 2.75) is 38.1 Å². The molecule has 0 aliphatic heterocycles. The molecule has 1 aliphatic carbocycles. The van der Waals surface area contributed by atoms with Gasteiger partial charge in [0.2, 0.25) is 5.91 Å². The van der Waals surface area contributed by atoms with Gasteiger partial charge >= 0.3 is 0 Å². The van der Waals surface area contributed by atoms with Crippen molar-refractivity contribution in [3.05, 3.63) is 71.8 Å². The maximum atomic E-state index is 13.0. The van der Waals surface area contributed by atoms with E-state index in [2.05, 4.69) is 24.3 Å². The number of carbonyl (C=O) groups excluding carboxylic acids is 1. The SMILES string of the molecule is CN(C(=O)C1CCCCC1)C(c1ccccc1)c1ccccc1. The maximum Gasteiger partial charge on any atom is 0.226 e. The third kappa shape index (κ3) is 3.64. The maximum absolute atomic E-state index is 13.0. The van der Waals surface area contributed by atoms with Crippen molar-refractivity contribution >= 4 is 5.91 Å². The van der Waals surface area contributed by atoms with Crippen molar-refractivity contribution in [3.8, 4) is 0 Å². The lowest BCUT2D eigenvalue weighted by atomic mass is 9.87. The molecule has 2 heteroatoms. The van der Waals surface area contributed by atoms with Crippen LogP contribution in [0.5, 0.6) is 0 Å². The monoisotopic (exact) mass is 307 g/mol. The third-order valence-electron chi connectivity index (χ3n) is 4.92. The van der Waals surface area contributed by atoms with Gasteiger partial charge in [-0.2, -0.15) is 0 Å². The second kappa shape index (κ2) is 7.45. The van der Waals surface area contributed by atoms with Gasteiger partial charge in [-0.15, -0.1) is 0 Å². The van der Waals surface area contributed by atoms with E-state index in [-0.39, 0.29) is 12.0 Å². The first-order valence-electron chi connectivity index (χ1n) is 8.64. The van der Waals surface area contributed by atoms with E-state index in [0.717, 1.165) is 12.8 Å². The minimum absolute atomic E-state index is 0.00757. The number of hydrogen-bond donors (Lipinski definition) is 0. The Kier molecular flexibility index (Phi) is 5.12. The number of benzene rings is 2. The fourth-order valence-electron chi connectivity index (χ4n) is 3.68. The first-order chi connectivity index (χ1) is 11.3. The van der Waals surface area contributed by atoms with Crippen LogP contribution in [0.2, 0.25) is 0 Å². The van der Waals surface area contributed by atoms with Crippen molar-refractivity contribution < 1.29 is 4.79 Å². The Labute approximate surface area is 139 Å². The summed E-state index contributed by atoms with van der Waals surface area (Å²) in [5, 5.41) is 0. The third-order valence-corrected chi connectivity index (χ3v) is 4.92. The van der Waals surface area contributed by atoms with Crippen LogP contribution >= 0.6 is 0 Å². The zero-order valence-electron chi connectivity index (χ0n) is 13.8. The summed E-state index contributed by atoms with van der Waals surface area (Å²) in [4.78, 5) is 15.0. The largest absolute Gasteiger partial charge is 0.334 e. The summed E-state index contributed by atoms with van der Waals surface area (Å²) < 4.78 is 0. The summed E-state index contributed by atoms with van der Waals surface area (Å²) in [5.74, 6) is 0.492. The molecule has 1 saturated carbocycles. The molecular weight excluding hydrogens is 282 g/mol. The van der Waals surface area contributed by atoms with Crippen LogP contribution in [0.3, 0.4) is 0 Å². The average Bonchev–Trinajstić information content (AvgIpc) is 2.64. The summed E-state index contributed by atoms with van der Waals surface area (Å²) in [6.45, 7) is 0. The lowest BCUT2D eigenvalue weighted by Gasteiger charge is -2.33. The highest BCUT2D eigenvalue weighted by Gasteiger charge is 2.29. The average molecular weight is 307 g/mol. The van der Waals surface area contributed by atoms with Crippen LogP contribution < -0.4 is 0 Å². The fourth-order valence-corrected chi connectivity index (χ4v) is 3.68. The number of amides is 1. The molecule has 120 valence electrons. The van der Waals surface area contributed by atoms with Crippen molar-refractivity contribution in [1.29, 1.82) is 0 Å². The zero-order chi connectivity index (χ0) is 16.1. The number of carbonyl (C=O) groups is 1. The van der Waals surface area contributed by atoms with Gasteiger partial charge in [0.1, 0.15) is 0 Å². The molecule has 0 unspecified atom stereocenters. The first-order valence-corrected chi connectivity index (χ1v) is 8.64. The molecule has 0 aromatic heterocycles. The van der Waals surface area contributed by atoms with Gasteiger partial charge in [0.25, 0.3) is 0 Å². The Morgan fingerprint density at radius 2 is 1.35 bits per heavy atom. The predicted octanol–water partition coefficient (Wildman–Crippen LogP) is 4.81. The van der Waals surface area contributed by atoms with E-state index < -0.39 is 0 Å². The highest BCUT2D eigenvalue weighted by Crippen LogP contribution is 2.32. The minimum Gasteiger partial charge on any atom is -0.334 e. The van der Waals surface area contributed by atoms with E-state index in [1.165, 1.54) is 30.4 Å². The molecule has 0 bridgehead atoms. The summed E-state index contributed by atoms with van der Waals surface area (Å²) in [6, 6.07) is 20.7. The van der Waals surface area contributed by atoms with Crippen LogP contribution in [-0.2, 0) is 4.79 Å². The fraction of sp³-hybridized carbons (Fsp3) is 0.381. The Balaban J connectivity index is 1.90. The van der Waals surface area contributed by atoms with Gasteiger partial charge in [-0.05, 0) is 24.0 Å². The molecule has 0 radical (unpaired) electrons. The second-order valence-corrected chi connectivity index (χ2v) is 6.51. The standard InChI is InChI=1S/C21H25NO/c1-22(21(23)19-15-9-4-10-16-19)20(17-11-5-2-6-12-17)18-13-7-3-8-14-18/h2-3,5-8,11-14,19-20H,4,9-10,15-16H2,1H3. The predicted molar refractivity (Wildman–Crippen MR) is 94.1 cm³/mol. The summed E-state index contributed by atoms with van der Waals surface area (Å²) in [7, 11) is 1.96. The molecule has 3 rings (SSSR count). The first kappa shape index (κ1) is 15.8. The van der Waals surface area contributed by atoms with Crippen LogP contribution in [0.15, 0.2) is 60.7 Å². The van der Waals surface area contributed by atoms with E-state index in [0.29, 0.717) is 5.91 Å². The van der Waals surface area contributed by atoms with Crippen LogP contribution in [0.1, 0.15) is 49.3 Å². The molecule has 23 heavy (non-hydrogen) atoms. The van der Waals surface area contributed by atoms with Crippen molar-refractivity contribution in [3.63, 3.8) is 0 Å². The van der Waals surface area contributed by atoms with E-state index in [9.17, 15) is 4.79 Å². The van der Waals surface area contributed by atoms with Crippen LogP contribution in [-0.4, -0.2) is 17.9 Å². The molecule has 0 heterocycles. The topological polar surface area (TPSA) is 20.3 Å². The molecule has 1 aliphatic rings. The molecule has 2 aromatic carbocycles. The van der Waals surface area contributed by atoms with Gasteiger partial charge in [-0.25, -0.2) is 0 Å². The van der Waals surface area contributed by atoms with Crippen LogP contribution in [0.4, 0.5) is 0 Å². The van der Waals surface area contributed by atoms with Crippen LogP contribution in [0.25, 0.3) is 0 Å². The Morgan fingerprint density at radius 3 is 1.83 bits per heavy atom. The quantitative estimate of drug-likeness (QED) is 0.793. The Hall–Kier alpha value is -2.09. The molecule has 1 amide bonds. The lowest BCUT2D eigenvalue weighted by Crippen LogP contribution is -2.37. The van der Waals surface area contributed by atoms with Crippen molar-refractivity contribution in [2.24, 2.45) is 5.92 Å². The van der Waals surface area contributed by atoms with Crippen molar-refractivity contribution in [2.75, 3.05) is 7.05 Å². The van der Waals surface area contributed by atoms with E-state index in [1.54, 1.807) is 0 Å². The molecule has 0 N–H and O–H groups in total. The molecule has 0 spiro atoms. The molecule has 2 nitrogen and oxygen atoms in total. The van der Waals surface area contributed by atoms with E-state index in [1.807, 2.05) is 48.3 Å². The van der Waals surface area contributed by atoms with Crippen molar-refractivity contribution in [1.82, 2.24) is 4.90 Å². The zero-order valence-corrected chi connectivity index (χ0v) is 13.8. The normalized spacial score (nSPS) is 15.6. The lowest BCUT2D eigenvalue weighted by molar-refractivity contribution is -0.136. The van der Waals surface area contributed by atoms with Gasteiger partial charge in [0.15, 0.2) is 0 Å². The summed E-state index contributed by atoms with van der Waals surface area (Å²) in [5.41, 5.74) is 2.34. The van der Waals surface area contributed by atoms with E-state index in [4.69, 9.17) is 0 Å². The van der Waals surface area contributed by atoms with Crippen LogP contribution in [0, 0.1) is 5.92 Å². The Bertz CT molecular complexity index is 577. The van der Waals surface area contributed by atoms with E-state index >= 15 is 0 Å². The minimum atomic E-state index is -0.00757. The summed E-state index contributed by atoms with van der Waals surface area (Å²) in [6.07, 6.45) is 5.73. The number of nitrogens with zero attached hydrogens (tertiary/aromatic N) is 1. The highest BCUT2D eigenvalue weighted by molar-refractivity contribution is 5.79. The second-order valence-electron chi connectivity index (χ2n) is 6.51. The van der Waals surface area contributed by atoms with Gasteiger partial charge < -0.3 is 4.90 Å². The van der Waals surface area contributed by atoms with Gasteiger partial charge in [-0.1, -0.05) is 79.9 Å². The highest BCUT2D eigenvalue weighted by atomic mass is 16.2. The smallest absolute Gasteiger partial charge is 0.226 e. The number of hydrogen-bond acceptors (Lipinski definition) is 1. The Morgan fingerprint density at radius 1 is 0.870 bits per heavy atom. The number of rotatable bonds is 4. The van der Waals surface area contributed by atoms with Gasteiger partial charge in [0.05, 0.1) is 6.04 Å². The van der Waals surface area contributed by atoms with Gasteiger partial charge in [0, 0.05) is 13.0 Å². The molecule has 1 fully saturated rings. The molecular formula is C21H25NO. The molecule has 2 aromatic rings. The molecule has 0 saturated heterocycles.